The molecule has 0 aliphatic heterocycles. The van der Waals surface area contributed by atoms with Crippen LogP contribution >= 0.6 is 11.6 Å². The van der Waals surface area contributed by atoms with Crippen LogP contribution in [0.4, 0.5) is 11.5 Å². The molecule has 1 aromatic rings. The van der Waals surface area contributed by atoms with Crippen molar-refractivity contribution in [3.63, 3.8) is 0 Å². The number of nitrogens with zero attached hydrogens (tertiary/aromatic N) is 1. The van der Waals surface area contributed by atoms with Gasteiger partial charge in [0.15, 0.2) is 0 Å². The first-order chi connectivity index (χ1) is 7.96. The molecule has 0 aromatic carbocycles. The summed E-state index contributed by atoms with van der Waals surface area (Å²) < 4.78 is 0. The van der Waals surface area contributed by atoms with Gasteiger partial charge in [-0.05, 0) is 30.7 Å². The second kappa shape index (κ2) is 4.73. The van der Waals surface area contributed by atoms with Gasteiger partial charge in [-0.2, -0.15) is 0 Å². The first kappa shape index (κ1) is 12.5. The highest BCUT2D eigenvalue weighted by atomic mass is 35.5. The summed E-state index contributed by atoms with van der Waals surface area (Å²) in [5, 5.41) is 4.02. The highest BCUT2D eigenvalue weighted by molar-refractivity contribution is 6.30. The maximum Gasteiger partial charge on any atom is 0.149 e. The molecular weight excluding hydrogens is 234 g/mol. The number of nitrogens with one attached hydrogen (secondary N) is 1. The van der Waals surface area contributed by atoms with Gasteiger partial charge in [-0.15, -0.1) is 0 Å². The van der Waals surface area contributed by atoms with Crippen LogP contribution in [0, 0.1) is 5.41 Å². The van der Waals surface area contributed by atoms with Gasteiger partial charge in [0, 0.05) is 12.2 Å². The van der Waals surface area contributed by atoms with Crippen LogP contribution in [0.2, 0.25) is 5.02 Å². The van der Waals surface area contributed by atoms with E-state index in [0.717, 1.165) is 12.2 Å². The lowest BCUT2D eigenvalue weighted by Gasteiger charge is -2.35. The Morgan fingerprint density at radius 3 is 2.94 bits per heavy atom. The van der Waals surface area contributed by atoms with Crippen molar-refractivity contribution >= 4 is 23.1 Å². The van der Waals surface area contributed by atoms with Crippen LogP contribution in [0.25, 0.3) is 0 Å². The predicted octanol–water partition coefficient (Wildman–Crippen LogP) is 3.70. The molecule has 0 bridgehead atoms. The van der Waals surface area contributed by atoms with Gasteiger partial charge in [0.2, 0.25) is 0 Å². The summed E-state index contributed by atoms with van der Waals surface area (Å²) >= 11 is 5.83. The fourth-order valence-electron chi connectivity index (χ4n) is 2.59. The Morgan fingerprint density at radius 1 is 1.53 bits per heavy atom. The molecule has 1 unspecified atom stereocenters. The minimum atomic E-state index is 0.414. The van der Waals surface area contributed by atoms with Gasteiger partial charge in [0.1, 0.15) is 5.82 Å². The van der Waals surface area contributed by atoms with Crippen molar-refractivity contribution in [3.8, 4) is 0 Å². The largest absolute Gasteiger partial charge is 0.396 e. The van der Waals surface area contributed by atoms with Crippen LogP contribution in [0.3, 0.4) is 0 Å². The maximum absolute atomic E-state index is 5.90. The SMILES string of the molecule is CC1(C)CCCC(Nc2ncc(Cl)cc2N)C1. The molecule has 0 spiro atoms. The molecule has 2 rings (SSSR count). The van der Waals surface area contributed by atoms with E-state index >= 15 is 0 Å². The molecule has 3 N–H and O–H groups in total. The maximum atomic E-state index is 5.90. The summed E-state index contributed by atoms with van der Waals surface area (Å²) in [5.74, 6) is 0.761. The smallest absolute Gasteiger partial charge is 0.149 e. The standard InChI is InChI=1S/C13H20ClN3/c1-13(2)5-3-4-10(7-13)17-12-11(15)6-9(14)8-16-12/h6,8,10H,3-5,7,15H2,1-2H3,(H,16,17). The number of anilines is 2. The first-order valence-electron chi connectivity index (χ1n) is 6.14. The molecule has 0 radical (unpaired) electrons. The summed E-state index contributed by atoms with van der Waals surface area (Å²) in [7, 11) is 0. The van der Waals surface area contributed by atoms with Crippen LogP contribution in [0.5, 0.6) is 0 Å². The van der Waals surface area contributed by atoms with Crippen LogP contribution in [0.1, 0.15) is 39.5 Å². The molecular formula is C13H20ClN3. The molecule has 1 atom stereocenters. The van der Waals surface area contributed by atoms with E-state index in [0.29, 0.717) is 22.2 Å². The Morgan fingerprint density at radius 2 is 2.29 bits per heavy atom. The number of pyridine rings is 1. The monoisotopic (exact) mass is 253 g/mol. The minimum Gasteiger partial charge on any atom is -0.396 e. The number of hydrogen-bond donors (Lipinski definition) is 2. The Kier molecular flexibility index (Phi) is 3.48. The topological polar surface area (TPSA) is 50.9 Å². The van der Waals surface area contributed by atoms with Crippen molar-refractivity contribution in [2.75, 3.05) is 11.1 Å². The van der Waals surface area contributed by atoms with E-state index in [2.05, 4.69) is 24.1 Å². The zero-order valence-electron chi connectivity index (χ0n) is 10.5. The van der Waals surface area contributed by atoms with Gasteiger partial charge < -0.3 is 11.1 Å². The van der Waals surface area contributed by atoms with Gasteiger partial charge in [-0.25, -0.2) is 4.98 Å². The van der Waals surface area contributed by atoms with E-state index in [-0.39, 0.29) is 0 Å². The fraction of sp³-hybridized carbons (Fsp3) is 0.615. The van der Waals surface area contributed by atoms with E-state index < -0.39 is 0 Å². The van der Waals surface area contributed by atoms with Gasteiger partial charge in [-0.1, -0.05) is 31.9 Å². The lowest BCUT2D eigenvalue weighted by atomic mass is 9.75. The molecule has 0 saturated heterocycles. The first-order valence-corrected chi connectivity index (χ1v) is 6.52. The second-order valence-corrected chi connectivity index (χ2v) is 6.13. The average molecular weight is 254 g/mol. The van der Waals surface area contributed by atoms with Crippen molar-refractivity contribution < 1.29 is 0 Å². The number of hydrogen-bond acceptors (Lipinski definition) is 3. The van der Waals surface area contributed by atoms with Crippen molar-refractivity contribution in [1.29, 1.82) is 0 Å². The summed E-state index contributed by atoms with van der Waals surface area (Å²) in [6.45, 7) is 4.64. The van der Waals surface area contributed by atoms with Gasteiger partial charge in [0.05, 0.1) is 10.7 Å². The molecule has 1 aliphatic rings. The molecule has 4 heteroatoms. The third-order valence-corrected chi connectivity index (χ3v) is 3.64. The zero-order chi connectivity index (χ0) is 12.5. The van der Waals surface area contributed by atoms with Crippen LogP contribution in [0.15, 0.2) is 12.3 Å². The van der Waals surface area contributed by atoms with E-state index in [9.17, 15) is 0 Å². The van der Waals surface area contributed by atoms with Crippen molar-refractivity contribution in [1.82, 2.24) is 4.98 Å². The van der Waals surface area contributed by atoms with Crippen LogP contribution < -0.4 is 11.1 Å². The number of nitrogens with two attached hydrogens (primary N) is 1. The Bertz CT molecular complexity index is 404. The van der Waals surface area contributed by atoms with Gasteiger partial charge in [0.25, 0.3) is 0 Å². The molecule has 1 saturated carbocycles. The summed E-state index contributed by atoms with van der Waals surface area (Å²) in [5.41, 5.74) is 6.94. The third kappa shape index (κ3) is 3.25. The van der Waals surface area contributed by atoms with Crippen molar-refractivity contribution in [3.05, 3.63) is 17.3 Å². The molecule has 0 amide bonds. The molecule has 94 valence electrons. The van der Waals surface area contributed by atoms with E-state index in [1.165, 1.54) is 19.3 Å². The van der Waals surface area contributed by atoms with Crippen LogP contribution in [-0.4, -0.2) is 11.0 Å². The summed E-state index contributed by atoms with van der Waals surface area (Å²) in [4.78, 5) is 4.25. The van der Waals surface area contributed by atoms with E-state index in [1.54, 1.807) is 12.3 Å². The van der Waals surface area contributed by atoms with E-state index in [1.807, 2.05) is 0 Å². The highest BCUT2D eigenvalue weighted by Gasteiger charge is 2.28. The second-order valence-electron chi connectivity index (χ2n) is 5.69. The summed E-state index contributed by atoms with van der Waals surface area (Å²) in [6.07, 6.45) is 6.55. The third-order valence-electron chi connectivity index (χ3n) is 3.43. The van der Waals surface area contributed by atoms with E-state index in [4.69, 9.17) is 17.3 Å². The Balaban J connectivity index is 2.05. The summed E-state index contributed by atoms with van der Waals surface area (Å²) in [6, 6.07) is 2.21. The quantitative estimate of drug-likeness (QED) is 0.845. The normalized spacial score (nSPS) is 23.4. The zero-order valence-corrected chi connectivity index (χ0v) is 11.2. The number of rotatable bonds is 2. The van der Waals surface area contributed by atoms with Gasteiger partial charge in [-0.3, -0.25) is 0 Å². The molecule has 1 aliphatic carbocycles. The van der Waals surface area contributed by atoms with Crippen molar-refractivity contribution in [2.45, 2.75) is 45.6 Å². The molecule has 1 heterocycles. The number of halogens is 1. The predicted molar refractivity (Wildman–Crippen MR) is 73.3 cm³/mol. The minimum absolute atomic E-state index is 0.414. The molecule has 3 nitrogen and oxygen atoms in total. The van der Waals surface area contributed by atoms with Gasteiger partial charge >= 0.3 is 0 Å². The number of nitrogen functional groups attached to an aromatic ring is 1. The lowest BCUT2D eigenvalue weighted by molar-refractivity contribution is 0.229. The Labute approximate surface area is 108 Å². The number of aromatic nitrogens is 1. The van der Waals surface area contributed by atoms with Crippen molar-refractivity contribution in [2.24, 2.45) is 5.41 Å². The van der Waals surface area contributed by atoms with Crippen LogP contribution in [-0.2, 0) is 0 Å². The Hall–Kier alpha value is -0.960. The average Bonchev–Trinajstić information content (AvgIpc) is 2.21. The molecule has 1 aromatic heterocycles. The molecule has 1 fully saturated rings. The molecule has 17 heavy (non-hydrogen) atoms. The highest BCUT2D eigenvalue weighted by Crippen LogP contribution is 2.36. The fourth-order valence-corrected chi connectivity index (χ4v) is 2.76. The lowest BCUT2D eigenvalue weighted by Crippen LogP contribution is -2.32.